The van der Waals surface area contributed by atoms with E-state index in [9.17, 15) is 19.2 Å². The first-order valence-corrected chi connectivity index (χ1v) is 8.46. The Balaban J connectivity index is 1.57. The second-order valence-corrected chi connectivity index (χ2v) is 6.05. The van der Waals surface area contributed by atoms with Crippen LogP contribution in [-0.4, -0.2) is 50.8 Å². The van der Waals surface area contributed by atoms with Gasteiger partial charge in [-0.25, -0.2) is 9.97 Å². The molecular weight excluding hydrogens is 334 g/mol. The molecule has 1 aliphatic heterocycles. The number of Topliss-reactive ketones (excluding diaryl/α,β-unsaturated/α-hetero) is 2. The van der Waals surface area contributed by atoms with Gasteiger partial charge in [-0.3, -0.25) is 24.0 Å². The number of carbonyl (C=O) groups excluding carboxylic acids is 4. The third kappa shape index (κ3) is 5.82. The van der Waals surface area contributed by atoms with Crippen LogP contribution in [0.5, 0.6) is 0 Å². The summed E-state index contributed by atoms with van der Waals surface area (Å²) in [6.07, 6.45) is 4.28. The number of imide groups is 1. The molecule has 2 rings (SSSR count). The van der Waals surface area contributed by atoms with Gasteiger partial charge in [-0.2, -0.15) is 5.06 Å². The molecule has 1 aromatic rings. The quantitative estimate of drug-likeness (QED) is 0.348. The molecular formula is C15H17N3O5S. The highest BCUT2D eigenvalue weighted by molar-refractivity contribution is 7.99. The third-order valence-electron chi connectivity index (χ3n) is 3.18. The topological polar surface area (TPSA) is 107 Å². The Morgan fingerprint density at radius 2 is 1.71 bits per heavy atom. The van der Waals surface area contributed by atoms with E-state index in [4.69, 9.17) is 4.84 Å². The van der Waals surface area contributed by atoms with E-state index in [1.54, 1.807) is 18.5 Å². The highest BCUT2D eigenvalue weighted by atomic mass is 32.2. The number of nitrogens with zero attached hydrogens (tertiary/aromatic N) is 3. The largest absolute Gasteiger partial charge is 0.299 e. The van der Waals surface area contributed by atoms with Gasteiger partial charge >= 0.3 is 0 Å². The van der Waals surface area contributed by atoms with Gasteiger partial charge in [-0.05, 0) is 12.5 Å². The number of hydrogen-bond donors (Lipinski definition) is 0. The molecule has 0 radical (unpaired) electrons. The predicted molar refractivity (Wildman–Crippen MR) is 83.7 cm³/mol. The molecule has 2 amide bonds. The van der Waals surface area contributed by atoms with E-state index in [0.717, 1.165) is 0 Å². The predicted octanol–water partition coefficient (Wildman–Crippen LogP) is 0.958. The van der Waals surface area contributed by atoms with Gasteiger partial charge in [-0.1, -0.05) is 11.8 Å². The van der Waals surface area contributed by atoms with E-state index in [1.165, 1.54) is 11.8 Å². The van der Waals surface area contributed by atoms with Gasteiger partial charge < -0.3 is 0 Å². The van der Waals surface area contributed by atoms with E-state index in [-0.39, 0.29) is 49.6 Å². The summed E-state index contributed by atoms with van der Waals surface area (Å²) in [5.41, 5.74) is 0. The average molecular weight is 351 g/mol. The second kappa shape index (κ2) is 9.24. The Bertz CT molecular complexity index is 607. The van der Waals surface area contributed by atoms with Crippen molar-refractivity contribution in [2.24, 2.45) is 0 Å². The highest BCUT2D eigenvalue weighted by Gasteiger charge is 2.30. The Labute approximate surface area is 142 Å². The van der Waals surface area contributed by atoms with Gasteiger partial charge in [0.2, 0.25) is 0 Å². The molecule has 1 fully saturated rings. The third-order valence-corrected chi connectivity index (χ3v) is 4.11. The fraction of sp³-hybridized carbons (Fsp3) is 0.467. The maximum Gasteiger partial charge on any atom is 0.254 e. The summed E-state index contributed by atoms with van der Waals surface area (Å²) in [4.78, 5) is 58.9. The fourth-order valence-electron chi connectivity index (χ4n) is 1.97. The lowest BCUT2D eigenvalue weighted by molar-refractivity contribution is -0.188. The summed E-state index contributed by atoms with van der Waals surface area (Å²) >= 11 is 1.25. The lowest BCUT2D eigenvalue weighted by Crippen LogP contribution is -2.31. The maximum atomic E-state index is 11.7. The molecule has 0 N–H and O–H groups in total. The van der Waals surface area contributed by atoms with Crippen molar-refractivity contribution in [1.29, 1.82) is 0 Å². The summed E-state index contributed by atoms with van der Waals surface area (Å²) in [5.74, 6) is -0.849. The molecule has 24 heavy (non-hydrogen) atoms. The van der Waals surface area contributed by atoms with Crippen molar-refractivity contribution in [3.63, 3.8) is 0 Å². The van der Waals surface area contributed by atoms with Crippen molar-refractivity contribution in [2.75, 3.05) is 12.4 Å². The summed E-state index contributed by atoms with van der Waals surface area (Å²) in [6, 6.07) is 1.70. The van der Waals surface area contributed by atoms with Gasteiger partial charge in [-0.15, -0.1) is 0 Å². The van der Waals surface area contributed by atoms with Crippen LogP contribution in [0, 0.1) is 0 Å². The number of rotatable bonds is 10. The van der Waals surface area contributed by atoms with Crippen molar-refractivity contribution in [1.82, 2.24) is 15.0 Å². The Morgan fingerprint density at radius 1 is 1.08 bits per heavy atom. The normalized spacial score (nSPS) is 14.2. The fourth-order valence-corrected chi connectivity index (χ4v) is 2.67. The zero-order valence-electron chi connectivity index (χ0n) is 13.0. The summed E-state index contributed by atoms with van der Waals surface area (Å²) < 4.78 is 0. The highest BCUT2D eigenvalue weighted by Crippen LogP contribution is 2.14. The molecule has 0 unspecified atom stereocenters. The number of aromatic nitrogens is 2. The molecule has 0 aromatic carbocycles. The van der Waals surface area contributed by atoms with Crippen molar-refractivity contribution in [3.05, 3.63) is 18.5 Å². The number of ketones is 2. The van der Waals surface area contributed by atoms with Crippen molar-refractivity contribution in [2.45, 2.75) is 37.3 Å². The van der Waals surface area contributed by atoms with Gasteiger partial charge in [0.15, 0.2) is 10.9 Å². The molecule has 0 bridgehead atoms. The minimum atomic E-state index is -0.428. The molecule has 0 atom stereocenters. The summed E-state index contributed by atoms with van der Waals surface area (Å²) in [7, 11) is 0. The maximum absolute atomic E-state index is 11.7. The molecule has 0 saturated carbocycles. The molecule has 128 valence electrons. The first-order chi connectivity index (χ1) is 11.6. The van der Waals surface area contributed by atoms with Crippen LogP contribution in [0.3, 0.4) is 0 Å². The zero-order chi connectivity index (χ0) is 17.4. The first-order valence-electron chi connectivity index (χ1n) is 7.48. The van der Waals surface area contributed by atoms with E-state index in [2.05, 4.69) is 9.97 Å². The molecule has 9 heteroatoms. The molecule has 1 aromatic heterocycles. The van der Waals surface area contributed by atoms with Crippen molar-refractivity contribution >= 4 is 35.1 Å². The van der Waals surface area contributed by atoms with E-state index < -0.39 is 11.8 Å². The molecule has 0 aliphatic carbocycles. The Morgan fingerprint density at radius 3 is 2.38 bits per heavy atom. The Kier molecular flexibility index (Phi) is 7.01. The smallest absolute Gasteiger partial charge is 0.254 e. The Hall–Kier alpha value is -2.13. The van der Waals surface area contributed by atoms with Crippen LogP contribution in [0.25, 0.3) is 0 Å². The molecule has 2 heterocycles. The van der Waals surface area contributed by atoms with Crippen LogP contribution < -0.4 is 0 Å². The van der Waals surface area contributed by atoms with Crippen LogP contribution in [0.2, 0.25) is 0 Å². The molecule has 8 nitrogen and oxygen atoms in total. The molecule has 0 spiro atoms. The number of hydrogen-bond acceptors (Lipinski definition) is 8. The van der Waals surface area contributed by atoms with E-state index in [0.29, 0.717) is 16.6 Å². The molecule has 1 saturated heterocycles. The monoisotopic (exact) mass is 351 g/mol. The van der Waals surface area contributed by atoms with Crippen LogP contribution in [0.1, 0.15) is 32.1 Å². The van der Waals surface area contributed by atoms with E-state index >= 15 is 0 Å². The SMILES string of the molecule is O=C(CCCC(=O)CSc1ncccn1)CON1C(=O)CCC1=O. The number of amides is 2. The average Bonchev–Trinajstić information content (AvgIpc) is 2.90. The van der Waals surface area contributed by atoms with Crippen LogP contribution in [-0.2, 0) is 24.0 Å². The van der Waals surface area contributed by atoms with Gasteiger partial charge in [0, 0.05) is 38.1 Å². The van der Waals surface area contributed by atoms with Crippen LogP contribution in [0.4, 0.5) is 0 Å². The summed E-state index contributed by atoms with van der Waals surface area (Å²) in [5, 5.41) is 1.19. The minimum Gasteiger partial charge on any atom is -0.299 e. The first kappa shape index (κ1) is 18.2. The van der Waals surface area contributed by atoms with Crippen LogP contribution in [0.15, 0.2) is 23.6 Å². The van der Waals surface area contributed by atoms with Gasteiger partial charge in [0.05, 0.1) is 5.75 Å². The van der Waals surface area contributed by atoms with Gasteiger partial charge in [0.1, 0.15) is 12.4 Å². The lowest BCUT2D eigenvalue weighted by Gasteiger charge is -2.12. The van der Waals surface area contributed by atoms with Crippen molar-refractivity contribution in [3.8, 4) is 0 Å². The second-order valence-electron chi connectivity index (χ2n) is 5.11. The van der Waals surface area contributed by atoms with Crippen molar-refractivity contribution < 1.29 is 24.0 Å². The number of hydroxylamine groups is 2. The summed E-state index contributed by atoms with van der Waals surface area (Å²) in [6.45, 7) is -0.335. The zero-order valence-corrected chi connectivity index (χ0v) is 13.8. The lowest BCUT2D eigenvalue weighted by atomic mass is 10.1. The minimum absolute atomic E-state index is 0.00562. The van der Waals surface area contributed by atoms with E-state index in [1.807, 2.05) is 0 Å². The standard InChI is InChI=1S/C15H17N3O5S/c19-11(9-23-18-13(21)5-6-14(18)22)3-1-4-12(20)10-24-15-16-7-2-8-17-15/h2,7-8H,1,3-6,9-10H2. The van der Waals surface area contributed by atoms with Gasteiger partial charge in [0.25, 0.3) is 11.8 Å². The molecule has 1 aliphatic rings. The number of carbonyl (C=O) groups is 4. The van der Waals surface area contributed by atoms with Crippen LogP contribution >= 0.6 is 11.8 Å². The number of thioether (sulfide) groups is 1.